The number of aliphatic hydroxyl groups is 1. The summed E-state index contributed by atoms with van der Waals surface area (Å²) in [6, 6.07) is 24.5. The molecule has 0 aliphatic heterocycles. The molecule has 0 saturated carbocycles. The van der Waals surface area contributed by atoms with E-state index in [0.29, 0.717) is 10.7 Å². The van der Waals surface area contributed by atoms with Crippen LogP contribution in [-0.2, 0) is 0 Å². The Morgan fingerprint density at radius 1 is 0.808 bits per heavy atom. The summed E-state index contributed by atoms with van der Waals surface area (Å²) in [5.74, 6) is 0. The maximum atomic E-state index is 12.5. The first-order valence-corrected chi connectivity index (χ1v) is 8.62. The third-order valence-electron chi connectivity index (χ3n) is 4.00. The molecule has 4 nitrogen and oxygen atoms in total. The lowest BCUT2D eigenvalue weighted by Crippen LogP contribution is -2.35. The van der Waals surface area contributed by atoms with Gasteiger partial charge in [0.1, 0.15) is 6.10 Å². The zero-order valence-corrected chi connectivity index (χ0v) is 14.7. The van der Waals surface area contributed by atoms with Gasteiger partial charge in [-0.15, -0.1) is 0 Å². The van der Waals surface area contributed by atoms with Crippen LogP contribution in [0, 0.1) is 0 Å². The van der Waals surface area contributed by atoms with Crippen LogP contribution >= 0.6 is 11.6 Å². The van der Waals surface area contributed by atoms with Crippen LogP contribution in [0.2, 0.25) is 5.02 Å². The normalized spacial score (nSPS) is 12.8. The highest BCUT2D eigenvalue weighted by Crippen LogP contribution is 2.28. The van der Waals surface area contributed by atoms with Crippen molar-refractivity contribution in [3.05, 3.63) is 101 Å². The standard InChI is InChI=1S/C21H19ClN2O2/c22-17-11-13-18(14-12-17)23-21(26)24-19(15-7-3-1-4-8-15)20(25)16-9-5-2-6-10-16/h1-14,19-20,25H,(H2,23,24,26). The van der Waals surface area contributed by atoms with E-state index in [1.54, 1.807) is 24.3 Å². The van der Waals surface area contributed by atoms with E-state index in [1.165, 1.54) is 0 Å². The first-order valence-electron chi connectivity index (χ1n) is 8.24. The molecule has 3 aromatic rings. The smallest absolute Gasteiger partial charge is 0.319 e. The fourth-order valence-electron chi connectivity index (χ4n) is 2.69. The predicted molar refractivity (Wildman–Crippen MR) is 104 cm³/mol. The maximum Gasteiger partial charge on any atom is 0.319 e. The van der Waals surface area contributed by atoms with Gasteiger partial charge in [-0.05, 0) is 35.4 Å². The molecule has 0 aromatic heterocycles. The first kappa shape index (κ1) is 18.0. The number of amides is 2. The number of halogens is 1. The van der Waals surface area contributed by atoms with Crippen LogP contribution in [0.3, 0.4) is 0 Å². The lowest BCUT2D eigenvalue weighted by molar-refractivity contribution is 0.132. The van der Waals surface area contributed by atoms with Crippen molar-refractivity contribution in [3.8, 4) is 0 Å². The average Bonchev–Trinajstić information content (AvgIpc) is 2.69. The van der Waals surface area contributed by atoms with E-state index < -0.39 is 18.2 Å². The summed E-state index contributed by atoms with van der Waals surface area (Å²) in [5, 5.41) is 17.0. The molecule has 132 valence electrons. The monoisotopic (exact) mass is 366 g/mol. The topological polar surface area (TPSA) is 61.4 Å². The van der Waals surface area contributed by atoms with E-state index in [9.17, 15) is 9.90 Å². The van der Waals surface area contributed by atoms with Gasteiger partial charge >= 0.3 is 6.03 Å². The van der Waals surface area contributed by atoms with Crippen LogP contribution in [-0.4, -0.2) is 11.1 Å². The van der Waals surface area contributed by atoms with Gasteiger partial charge in [-0.3, -0.25) is 0 Å². The van der Waals surface area contributed by atoms with E-state index in [-0.39, 0.29) is 0 Å². The quantitative estimate of drug-likeness (QED) is 0.599. The highest BCUT2D eigenvalue weighted by Gasteiger charge is 2.24. The van der Waals surface area contributed by atoms with Crippen LogP contribution in [0.5, 0.6) is 0 Å². The highest BCUT2D eigenvalue weighted by atomic mass is 35.5. The molecule has 0 aliphatic rings. The second-order valence-corrected chi connectivity index (χ2v) is 6.29. The third kappa shape index (κ3) is 4.63. The van der Waals surface area contributed by atoms with E-state index in [2.05, 4.69) is 10.6 Å². The Kier molecular flexibility index (Phi) is 5.89. The number of rotatable bonds is 5. The maximum absolute atomic E-state index is 12.5. The summed E-state index contributed by atoms with van der Waals surface area (Å²) in [4.78, 5) is 12.5. The summed E-state index contributed by atoms with van der Waals surface area (Å²) in [6.45, 7) is 0. The second kappa shape index (κ2) is 8.52. The van der Waals surface area contributed by atoms with E-state index in [0.717, 1.165) is 11.1 Å². The van der Waals surface area contributed by atoms with Crippen LogP contribution < -0.4 is 10.6 Å². The molecule has 0 spiro atoms. The van der Waals surface area contributed by atoms with Gasteiger partial charge in [0.15, 0.2) is 0 Å². The molecule has 3 rings (SSSR count). The summed E-state index contributed by atoms with van der Waals surface area (Å²) in [5.41, 5.74) is 2.16. The molecule has 2 atom stereocenters. The Bertz CT molecular complexity index is 839. The number of hydrogen-bond donors (Lipinski definition) is 3. The van der Waals surface area contributed by atoms with Gasteiger partial charge in [-0.2, -0.15) is 0 Å². The van der Waals surface area contributed by atoms with Crippen molar-refractivity contribution in [1.82, 2.24) is 5.32 Å². The van der Waals surface area contributed by atoms with Gasteiger partial charge in [0.2, 0.25) is 0 Å². The Balaban J connectivity index is 1.79. The minimum Gasteiger partial charge on any atom is -0.386 e. The molecule has 3 aromatic carbocycles. The number of urea groups is 1. The Morgan fingerprint density at radius 3 is 1.92 bits per heavy atom. The van der Waals surface area contributed by atoms with E-state index in [1.807, 2.05) is 60.7 Å². The summed E-state index contributed by atoms with van der Waals surface area (Å²) in [6.07, 6.45) is -0.880. The third-order valence-corrected chi connectivity index (χ3v) is 4.26. The minimum atomic E-state index is -0.880. The van der Waals surface area contributed by atoms with Gasteiger partial charge in [0.25, 0.3) is 0 Å². The molecule has 5 heteroatoms. The molecule has 2 amide bonds. The van der Waals surface area contributed by atoms with Crippen molar-refractivity contribution in [2.75, 3.05) is 5.32 Å². The highest BCUT2D eigenvalue weighted by molar-refractivity contribution is 6.30. The minimum absolute atomic E-state index is 0.406. The van der Waals surface area contributed by atoms with Crippen LogP contribution in [0.1, 0.15) is 23.3 Å². The second-order valence-electron chi connectivity index (χ2n) is 5.85. The fourth-order valence-corrected chi connectivity index (χ4v) is 2.82. The number of nitrogens with one attached hydrogen (secondary N) is 2. The van der Waals surface area contributed by atoms with Gasteiger partial charge < -0.3 is 15.7 Å². The van der Waals surface area contributed by atoms with Gasteiger partial charge in [-0.25, -0.2) is 4.79 Å². The molecule has 26 heavy (non-hydrogen) atoms. The SMILES string of the molecule is O=C(Nc1ccc(Cl)cc1)NC(c1ccccc1)C(O)c1ccccc1. The molecule has 0 aliphatic carbocycles. The molecule has 0 radical (unpaired) electrons. The summed E-state index contributed by atoms with van der Waals surface area (Å²) >= 11 is 5.86. The molecular formula is C21H19ClN2O2. The number of carbonyl (C=O) groups excluding carboxylic acids is 1. The van der Waals surface area contributed by atoms with Crippen molar-refractivity contribution in [2.24, 2.45) is 0 Å². The van der Waals surface area contributed by atoms with Gasteiger partial charge in [0.05, 0.1) is 6.04 Å². The molecule has 2 unspecified atom stereocenters. The molecular weight excluding hydrogens is 348 g/mol. The van der Waals surface area contributed by atoms with Gasteiger partial charge in [0, 0.05) is 10.7 Å². The summed E-state index contributed by atoms with van der Waals surface area (Å²) in [7, 11) is 0. The Labute approximate surface area is 157 Å². The van der Waals surface area contributed by atoms with Crippen LogP contribution in [0.25, 0.3) is 0 Å². The largest absolute Gasteiger partial charge is 0.386 e. The van der Waals surface area contributed by atoms with Crippen LogP contribution in [0.15, 0.2) is 84.9 Å². The Hall–Kier alpha value is -2.82. The lowest BCUT2D eigenvalue weighted by atomic mass is 9.96. The first-order chi connectivity index (χ1) is 12.6. The van der Waals surface area contributed by atoms with Crippen molar-refractivity contribution in [2.45, 2.75) is 12.1 Å². The zero-order valence-electron chi connectivity index (χ0n) is 14.0. The number of benzene rings is 3. The predicted octanol–water partition coefficient (Wildman–Crippen LogP) is 4.94. The number of anilines is 1. The van der Waals surface area contributed by atoms with Gasteiger partial charge in [-0.1, -0.05) is 72.3 Å². The summed E-state index contributed by atoms with van der Waals surface area (Å²) < 4.78 is 0. The number of hydrogen-bond acceptors (Lipinski definition) is 2. The molecule has 0 heterocycles. The molecule has 0 fully saturated rings. The van der Waals surface area contributed by atoms with E-state index in [4.69, 9.17) is 11.6 Å². The molecule has 0 bridgehead atoms. The van der Waals surface area contributed by atoms with Crippen molar-refractivity contribution >= 4 is 23.3 Å². The fraction of sp³-hybridized carbons (Fsp3) is 0.0952. The van der Waals surface area contributed by atoms with E-state index >= 15 is 0 Å². The van der Waals surface area contributed by atoms with Crippen molar-refractivity contribution in [1.29, 1.82) is 0 Å². The average molecular weight is 367 g/mol. The molecule has 0 saturated heterocycles. The number of carbonyl (C=O) groups is 1. The lowest BCUT2D eigenvalue weighted by Gasteiger charge is -2.25. The Morgan fingerprint density at radius 2 is 1.35 bits per heavy atom. The van der Waals surface area contributed by atoms with Crippen molar-refractivity contribution in [3.63, 3.8) is 0 Å². The van der Waals surface area contributed by atoms with Crippen LogP contribution in [0.4, 0.5) is 10.5 Å². The zero-order chi connectivity index (χ0) is 18.4. The number of aliphatic hydroxyl groups excluding tert-OH is 1. The molecule has 3 N–H and O–H groups in total. The van der Waals surface area contributed by atoms with Crippen molar-refractivity contribution < 1.29 is 9.90 Å².